The van der Waals surface area contributed by atoms with Gasteiger partial charge in [-0.05, 0) is 6.92 Å². The van der Waals surface area contributed by atoms with E-state index in [4.69, 9.17) is 20.4 Å². The maximum Gasteiger partial charge on any atom is 0.344 e. The van der Waals surface area contributed by atoms with Crippen molar-refractivity contribution in [3.05, 3.63) is 0 Å². The minimum Gasteiger partial charge on any atom is -0.481 e. The number of carbonyl (C=O) groups excluding carboxylic acids is 1. The lowest BCUT2D eigenvalue weighted by Crippen LogP contribution is -2.23. The fourth-order valence-electron chi connectivity index (χ4n) is 0.515. The number of rotatable bonds is 6. The number of aliphatic hydroxyl groups excluding tert-OH is 2. The van der Waals surface area contributed by atoms with Gasteiger partial charge in [0.05, 0.1) is 26.1 Å². The van der Waals surface area contributed by atoms with E-state index in [0.29, 0.717) is 0 Å². The monoisotopic (exact) mass is 252 g/mol. The van der Waals surface area contributed by atoms with Gasteiger partial charge in [-0.1, -0.05) is 0 Å². The molecule has 100 valence electrons. The van der Waals surface area contributed by atoms with Crippen LogP contribution in [0.3, 0.4) is 0 Å². The van der Waals surface area contributed by atoms with Gasteiger partial charge >= 0.3 is 17.9 Å². The van der Waals surface area contributed by atoms with Crippen molar-refractivity contribution < 1.29 is 39.5 Å². The van der Waals surface area contributed by atoms with Crippen molar-refractivity contribution in [2.45, 2.75) is 25.9 Å². The van der Waals surface area contributed by atoms with Gasteiger partial charge in [0, 0.05) is 0 Å². The molecule has 0 fully saturated rings. The summed E-state index contributed by atoms with van der Waals surface area (Å²) < 4.78 is 4.36. The van der Waals surface area contributed by atoms with Gasteiger partial charge in [-0.15, -0.1) is 0 Å². The third kappa shape index (κ3) is 14.3. The summed E-state index contributed by atoms with van der Waals surface area (Å²) in [5.41, 5.74) is 0. The van der Waals surface area contributed by atoms with Gasteiger partial charge < -0.3 is 25.2 Å². The first-order valence-electron chi connectivity index (χ1n) is 4.71. The predicted molar refractivity (Wildman–Crippen MR) is 54.2 cm³/mol. The molecule has 0 aromatic rings. The summed E-state index contributed by atoms with van der Waals surface area (Å²) in [5, 5.41) is 31.7. The van der Waals surface area contributed by atoms with Gasteiger partial charge in [0.2, 0.25) is 0 Å². The molecule has 17 heavy (non-hydrogen) atoms. The van der Waals surface area contributed by atoms with Crippen LogP contribution in [0.2, 0.25) is 0 Å². The molecule has 0 saturated heterocycles. The smallest absolute Gasteiger partial charge is 0.344 e. The average molecular weight is 252 g/mol. The van der Waals surface area contributed by atoms with E-state index in [1.54, 1.807) is 0 Å². The number of hydrogen-bond acceptors (Lipinski definition) is 6. The molecular weight excluding hydrogens is 236 g/mol. The average Bonchev–Trinajstić information content (AvgIpc) is 2.26. The molecule has 0 aromatic heterocycles. The van der Waals surface area contributed by atoms with E-state index in [9.17, 15) is 14.4 Å². The van der Waals surface area contributed by atoms with Crippen LogP contribution in [0.15, 0.2) is 0 Å². The van der Waals surface area contributed by atoms with E-state index in [-0.39, 0.29) is 26.1 Å². The van der Waals surface area contributed by atoms with Crippen molar-refractivity contribution in [2.75, 3.05) is 13.2 Å². The van der Waals surface area contributed by atoms with E-state index < -0.39 is 24.0 Å². The van der Waals surface area contributed by atoms with E-state index in [1.165, 1.54) is 6.92 Å². The Morgan fingerprint density at radius 1 is 1.06 bits per heavy atom. The molecule has 0 rings (SSSR count). The molecule has 0 aliphatic carbocycles. The van der Waals surface area contributed by atoms with Gasteiger partial charge in [-0.2, -0.15) is 0 Å². The Kier molecular flexibility index (Phi) is 11.3. The highest BCUT2D eigenvalue weighted by atomic mass is 16.6. The molecule has 0 amide bonds. The first-order chi connectivity index (χ1) is 7.84. The van der Waals surface area contributed by atoms with E-state index in [1.807, 2.05) is 0 Å². The van der Waals surface area contributed by atoms with Crippen molar-refractivity contribution >= 4 is 17.9 Å². The van der Waals surface area contributed by atoms with Gasteiger partial charge in [-0.25, -0.2) is 4.79 Å². The molecule has 1 atom stereocenters. The summed E-state index contributed by atoms with van der Waals surface area (Å²) in [6, 6.07) is 0. The first kappa shape index (κ1) is 17.7. The minimum atomic E-state index is -1.26. The van der Waals surface area contributed by atoms with Crippen LogP contribution in [0.25, 0.3) is 0 Å². The molecule has 8 nitrogen and oxygen atoms in total. The lowest BCUT2D eigenvalue weighted by Gasteiger charge is -2.07. The molecule has 0 aromatic carbocycles. The quantitative estimate of drug-likeness (QED) is 0.433. The Hall–Kier alpha value is -1.67. The number of carboxylic acid groups (broad SMARTS) is 2. The number of esters is 1. The number of aliphatic carboxylic acids is 2. The Bertz CT molecular complexity index is 247. The molecule has 8 heteroatoms. The largest absolute Gasteiger partial charge is 0.481 e. The lowest BCUT2D eigenvalue weighted by molar-refractivity contribution is -0.163. The highest BCUT2D eigenvalue weighted by molar-refractivity contribution is 5.80. The maximum absolute atomic E-state index is 10.7. The van der Waals surface area contributed by atoms with Crippen LogP contribution in [0.5, 0.6) is 0 Å². The van der Waals surface area contributed by atoms with Crippen molar-refractivity contribution in [1.29, 1.82) is 0 Å². The Morgan fingerprint density at radius 2 is 1.53 bits per heavy atom. The summed E-state index contributed by atoms with van der Waals surface area (Å²) in [7, 11) is 0. The molecule has 1 unspecified atom stereocenters. The summed E-state index contributed by atoms with van der Waals surface area (Å²) >= 11 is 0. The van der Waals surface area contributed by atoms with Gasteiger partial charge in [0.1, 0.15) is 0 Å². The Labute approximate surface area is 97.4 Å². The van der Waals surface area contributed by atoms with Crippen LogP contribution in [-0.4, -0.2) is 57.7 Å². The minimum absolute atomic E-state index is 0.125. The molecule has 0 radical (unpaired) electrons. The summed E-state index contributed by atoms with van der Waals surface area (Å²) in [6.07, 6.45) is -1.90. The van der Waals surface area contributed by atoms with E-state index in [2.05, 4.69) is 4.74 Å². The number of carboxylic acids is 2. The SMILES string of the molecule is CC(OC(=O)CCC(=O)O)C(=O)O.OCCO. The van der Waals surface area contributed by atoms with Crippen molar-refractivity contribution in [3.8, 4) is 0 Å². The van der Waals surface area contributed by atoms with E-state index in [0.717, 1.165) is 0 Å². The summed E-state index contributed by atoms with van der Waals surface area (Å²) in [4.78, 5) is 30.9. The van der Waals surface area contributed by atoms with Crippen LogP contribution in [0.4, 0.5) is 0 Å². The molecule has 0 spiro atoms. The Morgan fingerprint density at radius 3 is 1.82 bits per heavy atom. The van der Waals surface area contributed by atoms with Crippen molar-refractivity contribution in [2.24, 2.45) is 0 Å². The highest BCUT2D eigenvalue weighted by Crippen LogP contribution is 1.97. The zero-order valence-corrected chi connectivity index (χ0v) is 9.33. The fourth-order valence-corrected chi connectivity index (χ4v) is 0.515. The van der Waals surface area contributed by atoms with Gasteiger partial charge in [0.25, 0.3) is 0 Å². The highest BCUT2D eigenvalue weighted by Gasteiger charge is 2.16. The fraction of sp³-hybridized carbons (Fsp3) is 0.667. The molecule has 0 heterocycles. The second-order valence-corrected chi connectivity index (χ2v) is 2.81. The number of hydrogen-bond donors (Lipinski definition) is 4. The molecule has 0 bridgehead atoms. The number of aliphatic hydroxyl groups is 2. The zero-order valence-electron chi connectivity index (χ0n) is 9.33. The van der Waals surface area contributed by atoms with Crippen LogP contribution in [0, 0.1) is 0 Å². The number of ether oxygens (including phenoxy) is 1. The zero-order chi connectivity index (χ0) is 13.8. The first-order valence-corrected chi connectivity index (χ1v) is 4.71. The van der Waals surface area contributed by atoms with Crippen molar-refractivity contribution in [1.82, 2.24) is 0 Å². The van der Waals surface area contributed by atoms with E-state index >= 15 is 0 Å². The Balaban J connectivity index is 0. The second-order valence-electron chi connectivity index (χ2n) is 2.81. The second kappa shape index (κ2) is 10.8. The molecule has 0 aliphatic rings. The lowest BCUT2D eigenvalue weighted by atomic mass is 10.3. The molecule has 0 aliphatic heterocycles. The van der Waals surface area contributed by atoms with Crippen molar-refractivity contribution in [3.63, 3.8) is 0 Å². The standard InChI is InChI=1S/C7H10O6.C2H6O2/c1-4(7(11)12)13-6(10)3-2-5(8)9;3-1-2-4/h4H,2-3H2,1H3,(H,8,9)(H,11,12);3-4H,1-2H2. The van der Waals surface area contributed by atoms with Gasteiger partial charge in [0.15, 0.2) is 6.10 Å². The normalized spacial score (nSPS) is 10.8. The number of carbonyl (C=O) groups is 3. The van der Waals surface area contributed by atoms with Crippen LogP contribution >= 0.6 is 0 Å². The predicted octanol–water partition coefficient (Wildman–Crippen LogP) is -1.16. The molecule has 0 saturated carbocycles. The topological polar surface area (TPSA) is 141 Å². The van der Waals surface area contributed by atoms with Crippen LogP contribution in [0.1, 0.15) is 19.8 Å². The van der Waals surface area contributed by atoms with Crippen LogP contribution in [-0.2, 0) is 19.1 Å². The van der Waals surface area contributed by atoms with Gasteiger partial charge in [-0.3, -0.25) is 9.59 Å². The third-order valence-corrected chi connectivity index (χ3v) is 1.30. The third-order valence-electron chi connectivity index (χ3n) is 1.30. The molecular formula is C9H16O8. The molecule has 4 N–H and O–H groups in total. The maximum atomic E-state index is 10.7. The van der Waals surface area contributed by atoms with Crippen LogP contribution < -0.4 is 0 Å². The summed E-state index contributed by atoms with van der Waals surface area (Å²) in [6.45, 7) is 0.945. The summed E-state index contributed by atoms with van der Waals surface area (Å²) in [5.74, 6) is -3.21.